The molecule has 0 saturated heterocycles. The Morgan fingerprint density at radius 3 is 2.53 bits per heavy atom. The second kappa shape index (κ2) is 4.92. The van der Waals surface area contributed by atoms with E-state index in [0.717, 1.165) is 18.7 Å². The van der Waals surface area contributed by atoms with Crippen molar-refractivity contribution in [1.29, 1.82) is 0 Å². The number of anilines is 1. The fraction of sp³-hybridized carbons (Fsp3) is 0.0833. The molecule has 0 radical (unpaired) electrons. The maximum absolute atomic E-state index is 12.2. The van der Waals surface area contributed by atoms with Crippen LogP contribution in [0, 0.1) is 6.92 Å². The zero-order chi connectivity index (χ0) is 12.6. The zero-order valence-electron chi connectivity index (χ0n) is 8.96. The fourth-order valence-electron chi connectivity index (χ4n) is 1.40. The molecule has 0 saturated carbocycles. The van der Waals surface area contributed by atoms with Crippen molar-refractivity contribution in [2.45, 2.75) is 6.92 Å². The van der Waals surface area contributed by atoms with Crippen LogP contribution in [0.2, 0.25) is 0 Å². The number of thiophene rings is 1. The average molecular weight is 375 g/mol. The van der Waals surface area contributed by atoms with Crippen LogP contribution in [-0.2, 0) is 0 Å². The highest BCUT2D eigenvalue weighted by Gasteiger charge is 2.14. The Hall–Kier alpha value is -0.650. The quantitative estimate of drug-likeness (QED) is 0.625. The molecule has 0 atom stereocenters. The Bertz CT molecular complexity index is 573. The first kappa shape index (κ1) is 12.8. The van der Waals surface area contributed by atoms with E-state index >= 15 is 0 Å². The van der Waals surface area contributed by atoms with Crippen molar-refractivity contribution in [3.8, 4) is 0 Å². The molecule has 0 aliphatic rings. The van der Waals surface area contributed by atoms with E-state index in [4.69, 9.17) is 5.73 Å². The first-order chi connectivity index (χ1) is 7.99. The minimum absolute atomic E-state index is 0.00278. The summed E-state index contributed by atoms with van der Waals surface area (Å²) in [5.74, 6) is 0.00278. The normalized spacial score (nSPS) is 10.5. The van der Waals surface area contributed by atoms with E-state index < -0.39 is 0 Å². The Balaban J connectivity index is 2.40. The van der Waals surface area contributed by atoms with Crippen molar-refractivity contribution in [3.63, 3.8) is 0 Å². The molecular formula is C12H9Br2NOS. The highest BCUT2D eigenvalue weighted by atomic mass is 79.9. The van der Waals surface area contributed by atoms with Crippen LogP contribution in [0.1, 0.15) is 20.8 Å². The number of aryl methyl sites for hydroxylation is 1. The standard InChI is InChI=1S/C12H9Br2NOS/c1-6-4-10(17-12(6)14)11(16)7-2-3-8(13)9(15)5-7/h2-5H,15H2,1H3. The molecule has 88 valence electrons. The van der Waals surface area contributed by atoms with Crippen molar-refractivity contribution in [2.75, 3.05) is 5.73 Å². The Morgan fingerprint density at radius 2 is 2.00 bits per heavy atom. The van der Waals surface area contributed by atoms with Crippen molar-refractivity contribution >= 4 is 54.7 Å². The van der Waals surface area contributed by atoms with Crippen molar-refractivity contribution in [1.82, 2.24) is 0 Å². The molecule has 0 bridgehead atoms. The van der Waals surface area contributed by atoms with Crippen LogP contribution in [0.3, 0.4) is 0 Å². The lowest BCUT2D eigenvalue weighted by Gasteiger charge is -2.01. The number of rotatable bonds is 2. The van der Waals surface area contributed by atoms with Gasteiger partial charge >= 0.3 is 0 Å². The molecule has 17 heavy (non-hydrogen) atoms. The summed E-state index contributed by atoms with van der Waals surface area (Å²) in [5, 5.41) is 0. The van der Waals surface area contributed by atoms with Crippen LogP contribution in [0.15, 0.2) is 32.5 Å². The fourth-order valence-corrected chi connectivity index (χ4v) is 3.14. The van der Waals surface area contributed by atoms with E-state index in [1.54, 1.807) is 18.2 Å². The number of nitrogen functional groups attached to an aromatic ring is 1. The molecule has 2 nitrogen and oxygen atoms in total. The van der Waals surface area contributed by atoms with Gasteiger partial charge in [-0.2, -0.15) is 0 Å². The van der Waals surface area contributed by atoms with Crippen molar-refractivity contribution < 1.29 is 4.79 Å². The lowest BCUT2D eigenvalue weighted by atomic mass is 10.1. The predicted octanol–water partition coefficient (Wildman–Crippen LogP) is 4.39. The van der Waals surface area contributed by atoms with Gasteiger partial charge in [-0.1, -0.05) is 0 Å². The summed E-state index contributed by atoms with van der Waals surface area (Å²) in [6.07, 6.45) is 0. The zero-order valence-corrected chi connectivity index (χ0v) is 12.9. The molecule has 2 rings (SSSR count). The average Bonchev–Trinajstić information content (AvgIpc) is 2.62. The number of nitrogens with two attached hydrogens (primary N) is 1. The topological polar surface area (TPSA) is 43.1 Å². The largest absolute Gasteiger partial charge is 0.398 e. The van der Waals surface area contributed by atoms with Crippen LogP contribution < -0.4 is 5.73 Å². The second-order valence-corrected chi connectivity index (χ2v) is 6.86. The van der Waals surface area contributed by atoms with Gasteiger partial charge in [-0.25, -0.2) is 0 Å². The molecule has 0 spiro atoms. The van der Waals surface area contributed by atoms with Crippen LogP contribution in [0.4, 0.5) is 5.69 Å². The van der Waals surface area contributed by atoms with Gasteiger partial charge in [0, 0.05) is 15.7 Å². The van der Waals surface area contributed by atoms with Gasteiger partial charge < -0.3 is 5.73 Å². The number of carbonyl (C=O) groups excluding carboxylic acids is 1. The SMILES string of the molecule is Cc1cc(C(=O)c2ccc(Br)c(N)c2)sc1Br. The number of ketones is 1. The highest BCUT2D eigenvalue weighted by Crippen LogP contribution is 2.30. The molecule has 0 aliphatic heterocycles. The number of carbonyl (C=O) groups is 1. The molecule has 0 fully saturated rings. The van der Waals surface area contributed by atoms with E-state index in [1.165, 1.54) is 11.3 Å². The third-order valence-electron chi connectivity index (χ3n) is 2.34. The number of hydrogen-bond donors (Lipinski definition) is 1. The highest BCUT2D eigenvalue weighted by molar-refractivity contribution is 9.11. The Kier molecular flexibility index (Phi) is 3.70. The molecule has 0 unspecified atom stereocenters. The number of benzene rings is 1. The summed E-state index contributed by atoms with van der Waals surface area (Å²) in [6, 6.07) is 7.13. The molecule has 2 N–H and O–H groups in total. The first-order valence-electron chi connectivity index (χ1n) is 4.84. The van der Waals surface area contributed by atoms with Crippen molar-refractivity contribution in [3.05, 3.63) is 48.5 Å². The lowest BCUT2D eigenvalue weighted by molar-refractivity contribution is 0.104. The van der Waals surface area contributed by atoms with Crippen molar-refractivity contribution in [2.24, 2.45) is 0 Å². The van der Waals surface area contributed by atoms with Gasteiger partial charge in [0.05, 0.1) is 8.66 Å². The van der Waals surface area contributed by atoms with Crippen LogP contribution >= 0.6 is 43.2 Å². The molecule has 0 aliphatic carbocycles. The molecule has 2 aromatic rings. The summed E-state index contributed by atoms with van der Waals surface area (Å²) >= 11 is 8.17. The van der Waals surface area contributed by atoms with Gasteiger partial charge in [-0.3, -0.25) is 4.79 Å². The van der Waals surface area contributed by atoms with Gasteiger partial charge in [0.1, 0.15) is 0 Å². The Labute approximate surface area is 120 Å². The predicted molar refractivity (Wildman–Crippen MR) is 78.7 cm³/mol. The van der Waals surface area contributed by atoms with Gasteiger partial charge in [-0.15, -0.1) is 11.3 Å². The smallest absolute Gasteiger partial charge is 0.203 e. The minimum Gasteiger partial charge on any atom is -0.398 e. The minimum atomic E-state index is 0.00278. The molecule has 1 aromatic carbocycles. The molecular weight excluding hydrogens is 366 g/mol. The van der Waals surface area contributed by atoms with E-state index in [2.05, 4.69) is 31.9 Å². The maximum atomic E-state index is 12.2. The Morgan fingerprint density at radius 1 is 1.29 bits per heavy atom. The molecule has 0 amide bonds. The monoisotopic (exact) mass is 373 g/mol. The van der Waals surface area contributed by atoms with Crippen LogP contribution in [-0.4, -0.2) is 5.78 Å². The summed E-state index contributed by atoms with van der Waals surface area (Å²) in [5.41, 5.74) is 8.02. The van der Waals surface area contributed by atoms with E-state index in [-0.39, 0.29) is 5.78 Å². The summed E-state index contributed by atoms with van der Waals surface area (Å²) in [4.78, 5) is 12.9. The van der Waals surface area contributed by atoms with Gasteiger partial charge in [0.2, 0.25) is 5.78 Å². The van der Waals surface area contributed by atoms with E-state index in [1.807, 2.05) is 13.0 Å². The molecule has 1 heterocycles. The third-order valence-corrected chi connectivity index (χ3v) is 5.20. The second-order valence-electron chi connectivity index (χ2n) is 3.63. The van der Waals surface area contributed by atoms with E-state index in [0.29, 0.717) is 11.3 Å². The maximum Gasteiger partial charge on any atom is 0.203 e. The summed E-state index contributed by atoms with van der Waals surface area (Å²) in [6.45, 7) is 1.97. The number of halogens is 2. The summed E-state index contributed by atoms with van der Waals surface area (Å²) < 4.78 is 1.79. The van der Waals surface area contributed by atoms with E-state index in [9.17, 15) is 4.79 Å². The summed E-state index contributed by atoms with van der Waals surface area (Å²) in [7, 11) is 0. The van der Waals surface area contributed by atoms with Gasteiger partial charge in [0.25, 0.3) is 0 Å². The third kappa shape index (κ3) is 2.61. The molecule has 1 aromatic heterocycles. The lowest BCUT2D eigenvalue weighted by Crippen LogP contribution is -2.00. The van der Waals surface area contributed by atoms with Crippen LogP contribution in [0.25, 0.3) is 0 Å². The number of hydrogen-bond acceptors (Lipinski definition) is 3. The molecule has 5 heteroatoms. The first-order valence-corrected chi connectivity index (χ1v) is 7.25. The van der Waals surface area contributed by atoms with Crippen LogP contribution in [0.5, 0.6) is 0 Å². The van der Waals surface area contributed by atoms with Gasteiger partial charge in [-0.05, 0) is 68.6 Å². The van der Waals surface area contributed by atoms with Gasteiger partial charge in [0.15, 0.2) is 0 Å².